The number of benzene rings is 1. The molecule has 1 amide bonds. The molecule has 2 aromatic rings. The highest BCUT2D eigenvalue weighted by Crippen LogP contribution is 2.44. The van der Waals surface area contributed by atoms with E-state index in [0.717, 1.165) is 37.3 Å². The van der Waals surface area contributed by atoms with Gasteiger partial charge in [0.2, 0.25) is 5.91 Å². The molecule has 1 saturated heterocycles. The number of carbonyl (C=O) groups excluding carboxylic acids is 1. The van der Waals surface area contributed by atoms with Crippen LogP contribution in [-0.2, 0) is 4.79 Å². The normalized spacial score (nSPS) is 26.7. The van der Waals surface area contributed by atoms with Gasteiger partial charge in [-0.3, -0.25) is 4.79 Å². The number of aromatic nitrogens is 2. The number of amides is 1. The molecule has 1 aromatic carbocycles. The number of nitrogens with zero attached hydrogens (tertiary/aromatic N) is 2. The summed E-state index contributed by atoms with van der Waals surface area (Å²) in [4.78, 5) is 12.9. The van der Waals surface area contributed by atoms with Gasteiger partial charge in [-0.1, -0.05) is 12.8 Å². The van der Waals surface area contributed by atoms with Gasteiger partial charge in [-0.05, 0) is 55.6 Å². The molecule has 0 radical (unpaired) electrons. The fraction of sp³-hybridized carbons (Fsp3) is 0.444. The van der Waals surface area contributed by atoms with Crippen molar-refractivity contribution in [3.63, 3.8) is 0 Å². The average molecular weight is 310 g/mol. The SMILES string of the molecule is O=C(Nc1ccc(-n2cccn2)cc1)[C@@]12CCCC[C@H]1CNC2. The molecule has 5 heteroatoms. The van der Waals surface area contributed by atoms with Crippen molar-refractivity contribution in [2.24, 2.45) is 11.3 Å². The number of anilines is 1. The summed E-state index contributed by atoms with van der Waals surface area (Å²) in [6, 6.07) is 9.75. The average Bonchev–Trinajstić information content (AvgIpc) is 3.25. The van der Waals surface area contributed by atoms with Gasteiger partial charge in [0.1, 0.15) is 0 Å². The van der Waals surface area contributed by atoms with Crippen molar-refractivity contribution >= 4 is 11.6 Å². The van der Waals surface area contributed by atoms with Crippen LogP contribution in [0.5, 0.6) is 0 Å². The molecule has 2 N–H and O–H groups in total. The molecule has 4 rings (SSSR count). The number of rotatable bonds is 3. The summed E-state index contributed by atoms with van der Waals surface area (Å²) >= 11 is 0. The van der Waals surface area contributed by atoms with Crippen LogP contribution in [-0.4, -0.2) is 28.8 Å². The molecule has 1 aliphatic carbocycles. The lowest BCUT2D eigenvalue weighted by Crippen LogP contribution is -2.44. The van der Waals surface area contributed by atoms with Gasteiger partial charge >= 0.3 is 0 Å². The van der Waals surface area contributed by atoms with Crippen molar-refractivity contribution in [2.45, 2.75) is 25.7 Å². The summed E-state index contributed by atoms with van der Waals surface area (Å²) in [6.07, 6.45) is 8.23. The first-order chi connectivity index (χ1) is 11.3. The second-order valence-electron chi connectivity index (χ2n) is 6.68. The molecule has 2 heterocycles. The molecule has 1 aliphatic heterocycles. The molecule has 1 saturated carbocycles. The Morgan fingerprint density at radius 3 is 2.96 bits per heavy atom. The topological polar surface area (TPSA) is 59.0 Å². The van der Waals surface area contributed by atoms with Crippen molar-refractivity contribution < 1.29 is 4.79 Å². The second-order valence-corrected chi connectivity index (χ2v) is 6.68. The van der Waals surface area contributed by atoms with Gasteiger partial charge in [0.05, 0.1) is 11.1 Å². The van der Waals surface area contributed by atoms with E-state index in [2.05, 4.69) is 15.7 Å². The standard InChI is InChI=1S/C18H22N4O/c23-17(18-9-2-1-4-14(18)12-19-13-18)21-15-5-7-16(8-6-15)22-11-3-10-20-22/h3,5-8,10-11,14,19H,1-2,4,9,12-13H2,(H,21,23)/t14-,18+/m0/s1. The molecule has 0 spiro atoms. The number of hydrogen-bond donors (Lipinski definition) is 2. The fourth-order valence-corrected chi connectivity index (χ4v) is 4.07. The Morgan fingerprint density at radius 2 is 2.17 bits per heavy atom. The first-order valence-electron chi connectivity index (χ1n) is 8.40. The fourth-order valence-electron chi connectivity index (χ4n) is 4.07. The molecule has 2 aliphatic rings. The van der Waals surface area contributed by atoms with Crippen LogP contribution >= 0.6 is 0 Å². The maximum Gasteiger partial charge on any atom is 0.232 e. The predicted octanol–water partition coefficient (Wildman–Crippen LogP) is 2.59. The third kappa shape index (κ3) is 2.55. The number of fused-ring (bicyclic) bond motifs is 1. The van der Waals surface area contributed by atoms with Gasteiger partial charge in [-0.2, -0.15) is 5.10 Å². The highest BCUT2D eigenvalue weighted by Gasteiger charge is 2.49. The molecule has 2 atom stereocenters. The van der Waals surface area contributed by atoms with Crippen LogP contribution in [0, 0.1) is 11.3 Å². The lowest BCUT2D eigenvalue weighted by atomic mass is 9.67. The van der Waals surface area contributed by atoms with Crippen LogP contribution in [0.4, 0.5) is 5.69 Å². The van der Waals surface area contributed by atoms with Crippen LogP contribution in [0.25, 0.3) is 5.69 Å². The number of hydrogen-bond acceptors (Lipinski definition) is 3. The molecule has 2 fully saturated rings. The maximum atomic E-state index is 12.9. The van der Waals surface area contributed by atoms with E-state index >= 15 is 0 Å². The highest BCUT2D eigenvalue weighted by atomic mass is 16.2. The van der Waals surface area contributed by atoms with E-state index < -0.39 is 0 Å². The lowest BCUT2D eigenvalue weighted by molar-refractivity contribution is -0.128. The van der Waals surface area contributed by atoms with Crippen molar-refractivity contribution in [2.75, 3.05) is 18.4 Å². The van der Waals surface area contributed by atoms with Crippen molar-refractivity contribution in [1.29, 1.82) is 0 Å². The van der Waals surface area contributed by atoms with Crippen LogP contribution in [0.3, 0.4) is 0 Å². The molecule has 0 unspecified atom stereocenters. The minimum absolute atomic E-state index is 0.180. The predicted molar refractivity (Wildman–Crippen MR) is 89.5 cm³/mol. The Balaban J connectivity index is 1.50. The van der Waals surface area contributed by atoms with Crippen molar-refractivity contribution in [3.8, 4) is 5.69 Å². The van der Waals surface area contributed by atoms with Gasteiger partial charge in [0, 0.05) is 24.6 Å². The Bertz CT molecular complexity index is 680. The van der Waals surface area contributed by atoms with E-state index in [1.165, 1.54) is 12.8 Å². The smallest absolute Gasteiger partial charge is 0.232 e. The second kappa shape index (κ2) is 5.81. The molecule has 23 heavy (non-hydrogen) atoms. The monoisotopic (exact) mass is 310 g/mol. The van der Waals surface area contributed by atoms with Crippen molar-refractivity contribution in [3.05, 3.63) is 42.7 Å². The zero-order chi connectivity index (χ0) is 15.7. The maximum absolute atomic E-state index is 12.9. The largest absolute Gasteiger partial charge is 0.326 e. The molecular weight excluding hydrogens is 288 g/mol. The third-order valence-corrected chi connectivity index (χ3v) is 5.38. The van der Waals surface area contributed by atoms with Crippen LogP contribution in [0.1, 0.15) is 25.7 Å². The Hall–Kier alpha value is -2.14. The van der Waals surface area contributed by atoms with Crippen LogP contribution in [0.2, 0.25) is 0 Å². The molecule has 120 valence electrons. The van der Waals surface area contributed by atoms with E-state index in [4.69, 9.17) is 0 Å². The first-order valence-corrected chi connectivity index (χ1v) is 8.40. The lowest BCUT2D eigenvalue weighted by Gasteiger charge is -2.37. The van der Waals surface area contributed by atoms with E-state index in [1.54, 1.807) is 6.20 Å². The van der Waals surface area contributed by atoms with Gasteiger partial charge in [0.25, 0.3) is 0 Å². The van der Waals surface area contributed by atoms with Gasteiger partial charge in [-0.15, -0.1) is 0 Å². The zero-order valence-electron chi connectivity index (χ0n) is 13.2. The highest BCUT2D eigenvalue weighted by molar-refractivity contribution is 5.96. The quantitative estimate of drug-likeness (QED) is 0.916. The van der Waals surface area contributed by atoms with E-state index in [1.807, 2.05) is 41.2 Å². The van der Waals surface area contributed by atoms with E-state index in [0.29, 0.717) is 5.92 Å². The summed E-state index contributed by atoms with van der Waals surface area (Å²) in [5, 5.41) is 10.8. The first kappa shape index (κ1) is 14.5. The Kier molecular flexibility index (Phi) is 3.65. The van der Waals surface area contributed by atoms with Gasteiger partial charge in [0.15, 0.2) is 0 Å². The van der Waals surface area contributed by atoms with E-state index in [9.17, 15) is 4.79 Å². The van der Waals surface area contributed by atoms with E-state index in [-0.39, 0.29) is 11.3 Å². The summed E-state index contributed by atoms with van der Waals surface area (Å²) < 4.78 is 1.81. The summed E-state index contributed by atoms with van der Waals surface area (Å²) in [6.45, 7) is 1.79. The molecule has 1 aromatic heterocycles. The molecule has 5 nitrogen and oxygen atoms in total. The molecular formula is C18H22N4O. The Morgan fingerprint density at radius 1 is 1.30 bits per heavy atom. The number of carbonyl (C=O) groups is 1. The summed E-state index contributed by atoms with van der Waals surface area (Å²) in [7, 11) is 0. The third-order valence-electron chi connectivity index (χ3n) is 5.38. The molecule has 0 bridgehead atoms. The number of nitrogens with one attached hydrogen (secondary N) is 2. The van der Waals surface area contributed by atoms with Gasteiger partial charge in [-0.25, -0.2) is 4.68 Å². The van der Waals surface area contributed by atoms with Crippen molar-refractivity contribution in [1.82, 2.24) is 15.1 Å². The minimum Gasteiger partial charge on any atom is -0.326 e. The van der Waals surface area contributed by atoms with Crippen LogP contribution < -0.4 is 10.6 Å². The minimum atomic E-state index is -0.209. The van der Waals surface area contributed by atoms with Gasteiger partial charge < -0.3 is 10.6 Å². The zero-order valence-corrected chi connectivity index (χ0v) is 13.2. The van der Waals surface area contributed by atoms with Crippen LogP contribution in [0.15, 0.2) is 42.7 Å². The Labute approximate surface area is 136 Å². The summed E-state index contributed by atoms with van der Waals surface area (Å²) in [5.41, 5.74) is 1.64. The summed E-state index contributed by atoms with van der Waals surface area (Å²) in [5.74, 6) is 0.665.